The molecule has 1 fully saturated rings. The van der Waals surface area contributed by atoms with E-state index in [1.807, 2.05) is 0 Å². The number of hydrogen-bond acceptors (Lipinski definition) is 4. The number of nitrogens with one attached hydrogen (secondary N) is 1. The van der Waals surface area contributed by atoms with Gasteiger partial charge in [-0.05, 0) is 42.5 Å². The van der Waals surface area contributed by atoms with Crippen LogP contribution in [0.5, 0.6) is 11.5 Å². The maximum atomic E-state index is 12.7. The molecule has 2 aromatic rings. The molecule has 0 atom stereocenters. The summed E-state index contributed by atoms with van der Waals surface area (Å²) >= 11 is 11.9. The van der Waals surface area contributed by atoms with Crippen molar-refractivity contribution in [3.63, 3.8) is 0 Å². The van der Waals surface area contributed by atoms with Crippen LogP contribution in [0.3, 0.4) is 0 Å². The Labute approximate surface area is 159 Å². The average molecular weight is 393 g/mol. The predicted octanol–water partition coefficient (Wildman–Crippen LogP) is 3.47. The molecule has 3 rings (SSSR count). The molecule has 134 valence electrons. The van der Waals surface area contributed by atoms with Crippen LogP contribution in [0, 0.1) is 0 Å². The van der Waals surface area contributed by atoms with E-state index in [4.69, 9.17) is 32.7 Å². The molecule has 0 aliphatic carbocycles. The Morgan fingerprint density at radius 2 is 1.77 bits per heavy atom. The van der Waals surface area contributed by atoms with E-state index < -0.39 is 11.8 Å². The van der Waals surface area contributed by atoms with Crippen molar-refractivity contribution in [2.75, 3.05) is 19.2 Å². The van der Waals surface area contributed by atoms with Gasteiger partial charge in [0.2, 0.25) is 0 Å². The zero-order chi connectivity index (χ0) is 18.8. The minimum atomic E-state index is -0.536. The topological polar surface area (TPSA) is 67.9 Å². The van der Waals surface area contributed by atoms with E-state index in [-0.39, 0.29) is 10.6 Å². The molecule has 0 spiro atoms. The number of benzene rings is 2. The van der Waals surface area contributed by atoms with Crippen LogP contribution < -0.4 is 19.9 Å². The quantitative estimate of drug-likeness (QED) is 0.638. The van der Waals surface area contributed by atoms with Gasteiger partial charge in [-0.25, -0.2) is 5.01 Å². The van der Waals surface area contributed by atoms with Crippen LogP contribution in [-0.4, -0.2) is 26.0 Å². The molecule has 2 aromatic carbocycles. The molecule has 2 amide bonds. The first-order chi connectivity index (χ1) is 12.4. The summed E-state index contributed by atoms with van der Waals surface area (Å²) in [7, 11) is 3.03. The summed E-state index contributed by atoms with van der Waals surface area (Å²) in [4.78, 5) is 25.0. The minimum Gasteiger partial charge on any atom is -0.497 e. The highest BCUT2D eigenvalue weighted by Crippen LogP contribution is 2.31. The van der Waals surface area contributed by atoms with E-state index in [9.17, 15) is 9.59 Å². The number of hydrazine groups is 1. The molecule has 0 saturated carbocycles. The van der Waals surface area contributed by atoms with Crippen molar-refractivity contribution in [3.05, 3.63) is 57.6 Å². The fourth-order valence-corrected chi connectivity index (χ4v) is 2.76. The third-order valence-electron chi connectivity index (χ3n) is 3.79. The zero-order valence-electron chi connectivity index (χ0n) is 13.9. The first-order valence-electron chi connectivity index (χ1n) is 7.49. The van der Waals surface area contributed by atoms with Crippen LogP contribution in [0.2, 0.25) is 10.0 Å². The van der Waals surface area contributed by atoms with Crippen molar-refractivity contribution >= 4 is 46.8 Å². The Bertz CT molecular complexity index is 927. The number of halogens is 2. The number of hydrogen-bond donors (Lipinski definition) is 1. The van der Waals surface area contributed by atoms with Crippen molar-refractivity contribution in [1.82, 2.24) is 5.43 Å². The fraction of sp³-hybridized carbons (Fsp3) is 0.111. The Morgan fingerprint density at radius 1 is 1.00 bits per heavy atom. The Morgan fingerprint density at radius 3 is 2.42 bits per heavy atom. The van der Waals surface area contributed by atoms with Crippen LogP contribution in [-0.2, 0) is 9.59 Å². The Kier molecular flexibility index (Phi) is 5.06. The van der Waals surface area contributed by atoms with Crippen LogP contribution in [0.15, 0.2) is 42.0 Å². The molecule has 1 saturated heterocycles. The molecule has 26 heavy (non-hydrogen) atoms. The van der Waals surface area contributed by atoms with Gasteiger partial charge in [0, 0.05) is 5.56 Å². The molecule has 1 N–H and O–H groups in total. The van der Waals surface area contributed by atoms with E-state index in [0.717, 1.165) is 5.01 Å². The van der Waals surface area contributed by atoms with Crippen molar-refractivity contribution in [2.24, 2.45) is 0 Å². The lowest BCUT2D eigenvalue weighted by atomic mass is 10.1. The summed E-state index contributed by atoms with van der Waals surface area (Å²) in [6.45, 7) is 0. The highest BCUT2D eigenvalue weighted by atomic mass is 35.5. The molecule has 0 bridgehead atoms. The lowest BCUT2D eigenvalue weighted by Crippen LogP contribution is -2.35. The largest absolute Gasteiger partial charge is 0.497 e. The van der Waals surface area contributed by atoms with E-state index in [2.05, 4.69) is 5.43 Å². The van der Waals surface area contributed by atoms with Crippen LogP contribution in [0.4, 0.5) is 5.69 Å². The van der Waals surface area contributed by atoms with Gasteiger partial charge in [-0.1, -0.05) is 23.2 Å². The van der Waals surface area contributed by atoms with Gasteiger partial charge in [-0.2, -0.15) is 0 Å². The molecule has 6 nitrogen and oxygen atoms in total. The molecule has 0 radical (unpaired) electrons. The first-order valence-corrected chi connectivity index (χ1v) is 8.24. The Balaban J connectivity index is 1.99. The number of methoxy groups -OCH3 is 2. The number of carbonyl (C=O) groups excluding carboxylic acids is 2. The standard InChI is InChI=1S/C18H14Cl2N2O4/c1-25-12-4-6-16(26-2)10(7-12)8-13-17(23)21-22(18(13)24)11-3-5-14(19)15(20)9-11/h3-9H,1-2H3,(H,21,23). The summed E-state index contributed by atoms with van der Waals surface area (Å²) in [6.07, 6.45) is 1.45. The number of nitrogens with zero attached hydrogens (tertiary/aromatic N) is 1. The monoisotopic (exact) mass is 392 g/mol. The number of ether oxygens (including phenoxy) is 2. The van der Waals surface area contributed by atoms with Gasteiger partial charge in [0.1, 0.15) is 17.1 Å². The van der Waals surface area contributed by atoms with Crippen molar-refractivity contribution in [2.45, 2.75) is 0 Å². The van der Waals surface area contributed by atoms with E-state index in [1.54, 1.807) is 30.3 Å². The van der Waals surface area contributed by atoms with Gasteiger partial charge in [-0.3, -0.25) is 15.0 Å². The van der Waals surface area contributed by atoms with E-state index in [0.29, 0.717) is 27.8 Å². The number of amides is 2. The SMILES string of the molecule is COc1ccc(OC)c(C=C2C(=O)NN(c3ccc(Cl)c(Cl)c3)C2=O)c1. The second kappa shape index (κ2) is 7.27. The third kappa shape index (κ3) is 3.34. The van der Waals surface area contributed by atoms with Crippen LogP contribution in [0.25, 0.3) is 6.08 Å². The summed E-state index contributed by atoms with van der Waals surface area (Å²) in [5.74, 6) is 0.0286. The smallest absolute Gasteiger partial charge is 0.282 e. The van der Waals surface area contributed by atoms with E-state index >= 15 is 0 Å². The highest BCUT2D eigenvalue weighted by molar-refractivity contribution is 6.42. The van der Waals surface area contributed by atoms with Gasteiger partial charge >= 0.3 is 0 Å². The lowest BCUT2D eigenvalue weighted by Gasteiger charge is -2.15. The Hall–Kier alpha value is -2.70. The number of carbonyl (C=O) groups is 2. The average Bonchev–Trinajstić information content (AvgIpc) is 2.92. The predicted molar refractivity (Wildman–Crippen MR) is 99.6 cm³/mol. The molecular formula is C18H14Cl2N2O4. The first kappa shape index (κ1) is 18.1. The van der Waals surface area contributed by atoms with Crippen molar-refractivity contribution in [1.29, 1.82) is 0 Å². The molecule has 0 aromatic heterocycles. The second-order valence-corrected chi connectivity index (χ2v) is 6.16. The van der Waals surface area contributed by atoms with Gasteiger partial charge < -0.3 is 9.47 Å². The van der Waals surface area contributed by atoms with Gasteiger partial charge in [0.25, 0.3) is 11.8 Å². The summed E-state index contributed by atoms with van der Waals surface area (Å²) in [5.41, 5.74) is 3.41. The minimum absolute atomic E-state index is 0.0392. The van der Waals surface area contributed by atoms with Crippen molar-refractivity contribution < 1.29 is 19.1 Å². The summed E-state index contributed by atoms with van der Waals surface area (Å²) < 4.78 is 10.5. The van der Waals surface area contributed by atoms with Gasteiger partial charge in [-0.15, -0.1) is 0 Å². The molecule has 1 aliphatic heterocycles. The number of anilines is 1. The molecule has 1 heterocycles. The molecule has 8 heteroatoms. The van der Waals surface area contributed by atoms with Crippen LogP contribution in [0.1, 0.15) is 5.56 Å². The van der Waals surface area contributed by atoms with Gasteiger partial charge in [0.05, 0.1) is 30.0 Å². The zero-order valence-corrected chi connectivity index (χ0v) is 15.4. The number of rotatable bonds is 4. The summed E-state index contributed by atoms with van der Waals surface area (Å²) in [5, 5.41) is 1.74. The molecule has 1 aliphatic rings. The van der Waals surface area contributed by atoms with Crippen molar-refractivity contribution in [3.8, 4) is 11.5 Å². The third-order valence-corrected chi connectivity index (χ3v) is 4.53. The van der Waals surface area contributed by atoms with E-state index in [1.165, 1.54) is 26.4 Å². The second-order valence-electron chi connectivity index (χ2n) is 5.35. The van der Waals surface area contributed by atoms with Crippen LogP contribution >= 0.6 is 23.2 Å². The summed E-state index contributed by atoms with van der Waals surface area (Å²) in [6, 6.07) is 9.72. The maximum absolute atomic E-state index is 12.7. The van der Waals surface area contributed by atoms with Gasteiger partial charge in [0.15, 0.2) is 0 Å². The maximum Gasteiger partial charge on any atom is 0.282 e. The lowest BCUT2D eigenvalue weighted by molar-refractivity contribution is -0.117. The molecule has 0 unspecified atom stereocenters. The normalized spacial score (nSPS) is 15.4. The molecular weight excluding hydrogens is 379 g/mol. The fourth-order valence-electron chi connectivity index (χ4n) is 2.47. The highest BCUT2D eigenvalue weighted by Gasteiger charge is 2.34.